The average Bonchev–Trinajstić information content (AvgIpc) is 3.66. The van der Waals surface area contributed by atoms with E-state index >= 15 is 0 Å². The molecule has 0 unspecified atom stereocenters. The van der Waals surface area contributed by atoms with Gasteiger partial charge >= 0.3 is 0 Å². The molecule has 9 heteroatoms. The van der Waals surface area contributed by atoms with E-state index in [4.69, 9.17) is 4.74 Å². The van der Waals surface area contributed by atoms with E-state index in [0.717, 1.165) is 32.1 Å². The molecule has 0 spiro atoms. The molecule has 3 aliphatic rings. The maximum atomic E-state index is 14.6. The van der Waals surface area contributed by atoms with Crippen molar-refractivity contribution in [1.82, 2.24) is 20.4 Å². The second-order valence-electron chi connectivity index (χ2n) is 10.1. The summed E-state index contributed by atoms with van der Waals surface area (Å²) in [7, 11) is 0. The van der Waals surface area contributed by atoms with Crippen molar-refractivity contribution in [3.05, 3.63) is 69.4 Å². The Morgan fingerprint density at radius 3 is 2.61 bits per heavy atom. The third-order valence-corrected chi connectivity index (χ3v) is 7.30. The molecule has 0 bridgehead atoms. The molecule has 8 nitrogen and oxygen atoms in total. The third-order valence-electron chi connectivity index (χ3n) is 7.30. The summed E-state index contributed by atoms with van der Waals surface area (Å²) in [5.41, 5.74) is 0.946. The molecule has 6 rings (SSSR count). The molecule has 0 atom stereocenters. The highest BCUT2D eigenvalue weighted by molar-refractivity contribution is 5.95. The first-order valence-corrected chi connectivity index (χ1v) is 12.5. The fourth-order valence-electron chi connectivity index (χ4n) is 4.74. The van der Waals surface area contributed by atoms with Gasteiger partial charge in [-0.3, -0.25) is 14.4 Å². The fourth-order valence-corrected chi connectivity index (χ4v) is 4.74. The summed E-state index contributed by atoms with van der Waals surface area (Å²) >= 11 is 0. The quantitative estimate of drug-likeness (QED) is 0.530. The first-order valence-electron chi connectivity index (χ1n) is 12.5. The normalized spacial score (nSPS) is 18.0. The van der Waals surface area contributed by atoms with E-state index in [2.05, 4.69) is 15.5 Å². The molecule has 2 aromatic carbocycles. The minimum atomic E-state index is -0.614. The van der Waals surface area contributed by atoms with Crippen molar-refractivity contribution in [3.8, 4) is 5.75 Å². The molecule has 1 aliphatic heterocycles. The highest BCUT2D eigenvalue weighted by atomic mass is 19.1. The number of likely N-dealkylation sites (tertiary alicyclic amines) is 1. The van der Waals surface area contributed by atoms with Gasteiger partial charge in [0.15, 0.2) is 0 Å². The van der Waals surface area contributed by atoms with Gasteiger partial charge in [0.2, 0.25) is 5.91 Å². The van der Waals surface area contributed by atoms with Crippen LogP contribution in [0.2, 0.25) is 0 Å². The van der Waals surface area contributed by atoms with E-state index in [0.29, 0.717) is 47.3 Å². The van der Waals surface area contributed by atoms with Gasteiger partial charge < -0.3 is 15.0 Å². The summed E-state index contributed by atoms with van der Waals surface area (Å²) in [6.07, 6.45) is 5.59. The summed E-state index contributed by atoms with van der Waals surface area (Å²) in [4.78, 5) is 39.0. The van der Waals surface area contributed by atoms with Crippen molar-refractivity contribution < 1.29 is 18.7 Å². The number of nitrogens with one attached hydrogen (secondary N) is 2. The number of fused-ring (bicyclic) bond motifs is 1. The molecule has 2 amide bonds. The van der Waals surface area contributed by atoms with Gasteiger partial charge in [-0.25, -0.2) is 9.49 Å². The summed E-state index contributed by atoms with van der Waals surface area (Å²) in [6, 6.07) is 9.57. The monoisotopic (exact) mass is 490 g/mol. The Kier molecular flexibility index (Phi) is 5.70. The van der Waals surface area contributed by atoms with E-state index in [1.165, 1.54) is 12.1 Å². The number of benzene rings is 2. The van der Waals surface area contributed by atoms with Crippen LogP contribution in [0.25, 0.3) is 10.8 Å². The summed E-state index contributed by atoms with van der Waals surface area (Å²) in [5, 5.41) is 10.8. The number of H-pyrrole nitrogens is 1. The van der Waals surface area contributed by atoms with Crippen LogP contribution in [-0.4, -0.2) is 52.1 Å². The lowest BCUT2D eigenvalue weighted by Crippen LogP contribution is -2.61. The highest BCUT2D eigenvalue weighted by Gasteiger charge is 2.39. The van der Waals surface area contributed by atoms with Crippen LogP contribution in [-0.2, 0) is 11.2 Å². The number of amides is 2. The number of carbonyl (C=O) groups is 2. The highest BCUT2D eigenvalue weighted by Crippen LogP contribution is 2.32. The molecule has 2 heterocycles. The van der Waals surface area contributed by atoms with Crippen molar-refractivity contribution in [1.29, 1.82) is 0 Å². The number of hydrogen-bond acceptors (Lipinski definition) is 5. The van der Waals surface area contributed by atoms with E-state index in [1.54, 1.807) is 23.1 Å². The van der Waals surface area contributed by atoms with Crippen LogP contribution >= 0.6 is 0 Å². The molecule has 1 aromatic heterocycles. The smallest absolute Gasteiger partial charge is 0.272 e. The topological polar surface area (TPSA) is 104 Å². The molecular weight excluding hydrogens is 463 g/mol. The molecule has 2 saturated carbocycles. The van der Waals surface area contributed by atoms with E-state index in [1.807, 2.05) is 6.07 Å². The minimum Gasteiger partial charge on any atom is -0.490 e. The largest absolute Gasteiger partial charge is 0.490 e. The van der Waals surface area contributed by atoms with Gasteiger partial charge in [-0.1, -0.05) is 6.07 Å². The fraction of sp³-hybridized carbons (Fsp3) is 0.407. The Morgan fingerprint density at radius 1 is 1.08 bits per heavy atom. The number of halogens is 1. The Morgan fingerprint density at radius 2 is 1.89 bits per heavy atom. The molecule has 186 valence electrons. The number of hydrogen-bond donors (Lipinski definition) is 2. The van der Waals surface area contributed by atoms with Gasteiger partial charge in [0.25, 0.3) is 11.5 Å². The Bertz CT molecular complexity index is 1410. The van der Waals surface area contributed by atoms with Crippen LogP contribution in [0.3, 0.4) is 0 Å². The van der Waals surface area contributed by atoms with E-state index in [-0.39, 0.29) is 35.1 Å². The first-order chi connectivity index (χ1) is 17.4. The van der Waals surface area contributed by atoms with E-state index < -0.39 is 11.7 Å². The number of aromatic nitrogens is 2. The van der Waals surface area contributed by atoms with Gasteiger partial charge in [0.1, 0.15) is 11.6 Å². The second-order valence-corrected chi connectivity index (χ2v) is 10.1. The zero-order valence-corrected chi connectivity index (χ0v) is 19.8. The number of aromatic amines is 1. The molecular formula is C27H27FN4O4. The lowest BCUT2D eigenvalue weighted by atomic mass is 9.96. The number of rotatable bonds is 7. The van der Waals surface area contributed by atoms with Gasteiger partial charge in [0, 0.05) is 30.8 Å². The maximum absolute atomic E-state index is 14.6. The third kappa shape index (κ3) is 4.45. The van der Waals surface area contributed by atoms with Crippen LogP contribution in [0.4, 0.5) is 4.39 Å². The van der Waals surface area contributed by atoms with Gasteiger partial charge in [-0.2, -0.15) is 5.10 Å². The zero-order valence-electron chi connectivity index (χ0n) is 19.8. The predicted molar refractivity (Wildman–Crippen MR) is 130 cm³/mol. The number of nitrogens with zero attached hydrogens (tertiary/aromatic N) is 2. The van der Waals surface area contributed by atoms with Gasteiger partial charge in [-0.05, 0) is 68.0 Å². The number of ether oxygens (including phenoxy) is 1. The van der Waals surface area contributed by atoms with Crippen molar-refractivity contribution in [2.24, 2.45) is 5.92 Å². The summed E-state index contributed by atoms with van der Waals surface area (Å²) < 4.78 is 20.6. The molecule has 36 heavy (non-hydrogen) atoms. The van der Waals surface area contributed by atoms with Crippen molar-refractivity contribution in [2.45, 2.75) is 50.7 Å². The Labute approximate surface area is 206 Å². The van der Waals surface area contributed by atoms with Gasteiger partial charge in [0.05, 0.1) is 28.8 Å². The number of carbonyl (C=O) groups excluding carboxylic acids is 2. The molecule has 0 radical (unpaired) electrons. The lowest BCUT2D eigenvalue weighted by Gasteiger charge is -2.39. The minimum absolute atomic E-state index is 0.0535. The van der Waals surface area contributed by atoms with Crippen LogP contribution in [0.5, 0.6) is 5.75 Å². The Balaban J connectivity index is 1.19. The summed E-state index contributed by atoms with van der Waals surface area (Å²) in [6.45, 7) is 0.919. The van der Waals surface area contributed by atoms with Crippen LogP contribution in [0.15, 0.2) is 41.2 Å². The van der Waals surface area contributed by atoms with Crippen molar-refractivity contribution >= 4 is 22.6 Å². The SMILES string of the molecule is O=C(NC1CN(C(=O)C2CC2)C1)c1cc(Cc2n[nH]c(=O)c3ccc(OC4CCC4)cc23)ccc1F. The molecule has 2 aliphatic carbocycles. The summed E-state index contributed by atoms with van der Waals surface area (Å²) in [5.74, 6) is -0.134. The van der Waals surface area contributed by atoms with Crippen molar-refractivity contribution in [3.63, 3.8) is 0 Å². The average molecular weight is 491 g/mol. The van der Waals surface area contributed by atoms with Gasteiger partial charge in [-0.15, -0.1) is 0 Å². The Hall–Kier alpha value is -3.75. The molecule has 3 fully saturated rings. The second kappa shape index (κ2) is 9.04. The first kappa shape index (κ1) is 22.7. The predicted octanol–water partition coefficient (Wildman–Crippen LogP) is 2.93. The zero-order chi connectivity index (χ0) is 24.8. The van der Waals surface area contributed by atoms with Crippen LogP contribution in [0.1, 0.15) is 53.7 Å². The molecule has 3 aromatic rings. The van der Waals surface area contributed by atoms with Crippen LogP contribution < -0.4 is 15.6 Å². The lowest BCUT2D eigenvalue weighted by molar-refractivity contribution is -0.137. The maximum Gasteiger partial charge on any atom is 0.272 e. The molecule has 1 saturated heterocycles. The molecule has 2 N–H and O–H groups in total. The van der Waals surface area contributed by atoms with Crippen LogP contribution in [0, 0.1) is 11.7 Å². The van der Waals surface area contributed by atoms with E-state index in [9.17, 15) is 18.8 Å². The standard InChI is InChI=1S/C27H27FN4O4/c28-23-9-4-15(10-22(23)25(33)29-17-13-32(14-17)27(35)16-5-6-16)11-24-21-12-19(36-18-2-1-3-18)7-8-20(21)26(34)31-30-24/h4,7-10,12,16-18H,1-3,5-6,11,13-14H2,(H,29,33)(H,31,34). The van der Waals surface area contributed by atoms with Crippen molar-refractivity contribution in [2.75, 3.05) is 13.1 Å².